The average molecular weight is 326 g/mol. The van der Waals surface area contributed by atoms with Crippen molar-refractivity contribution >= 4 is 35.2 Å². The van der Waals surface area contributed by atoms with E-state index in [1.165, 1.54) is 18.2 Å². The van der Waals surface area contributed by atoms with E-state index in [9.17, 15) is 14.9 Å². The van der Waals surface area contributed by atoms with Crippen molar-refractivity contribution in [2.75, 3.05) is 0 Å². The molecule has 0 amide bonds. The van der Waals surface area contributed by atoms with Crippen LogP contribution in [-0.2, 0) is 6.61 Å². The zero-order valence-corrected chi connectivity index (χ0v) is 12.1. The van der Waals surface area contributed by atoms with Gasteiger partial charge >= 0.3 is 5.69 Å². The molecule has 0 fully saturated rings. The molecule has 2 aromatic rings. The molecule has 21 heavy (non-hydrogen) atoms. The van der Waals surface area contributed by atoms with Gasteiger partial charge in [-0.3, -0.25) is 14.9 Å². The van der Waals surface area contributed by atoms with Crippen LogP contribution in [0.2, 0.25) is 10.0 Å². The molecule has 0 saturated heterocycles. The number of rotatable bonds is 5. The number of hydrogen-bond donors (Lipinski definition) is 0. The molecular formula is C14H9Cl2NO4. The number of nitro groups is 1. The van der Waals surface area contributed by atoms with Gasteiger partial charge in [0.1, 0.15) is 6.61 Å². The number of halogens is 2. The molecule has 0 N–H and O–H groups in total. The van der Waals surface area contributed by atoms with Crippen LogP contribution >= 0.6 is 23.2 Å². The normalized spacial score (nSPS) is 10.2. The van der Waals surface area contributed by atoms with Gasteiger partial charge in [-0.05, 0) is 24.3 Å². The predicted octanol–water partition coefficient (Wildman–Crippen LogP) is 4.29. The fraction of sp³-hybridized carbons (Fsp3) is 0.0714. The molecule has 0 unspecified atom stereocenters. The van der Waals surface area contributed by atoms with Crippen molar-refractivity contribution in [1.29, 1.82) is 0 Å². The molecule has 0 aliphatic rings. The van der Waals surface area contributed by atoms with Gasteiger partial charge in [0.05, 0.1) is 10.5 Å². The molecule has 0 bridgehead atoms. The lowest BCUT2D eigenvalue weighted by atomic mass is 10.2. The van der Waals surface area contributed by atoms with E-state index in [1.54, 1.807) is 18.2 Å². The first-order valence-electron chi connectivity index (χ1n) is 5.82. The Morgan fingerprint density at radius 1 is 1.24 bits per heavy atom. The molecule has 5 nitrogen and oxygen atoms in total. The summed E-state index contributed by atoms with van der Waals surface area (Å²) in [7, 11) is 0. The van der Waals surface area contributed by atoms with E-state index < -0.39 is 4.92 Å². The molecule has 108 valence electrons. The molecule has 7 heteroatoms. The molecule has 2 aromatic carbocycles. The second kappa shape index (κ2) is 6.56. The molecule has 0 saturated carbocycles. The van der Waals surface area contributed by atoms with Crippen LogP contribution in [0.5, 0.6) is 5.75 Å². The molecule has 0 spiro atoms. The summed E-state index contributed by atoms with van der Waals surface area (Å²) >= 11 is 11.8. The Hall–Kier alpha value is -2.11. The number of para-hydroxylation sites is 1. The summed E-state index contributed by atoms with van der Waals surface area (Å²) in [4.78, 5) is 21.3. The molecule has 0 aliphatic heterocycles. The van der Waals surface area contributed by atoms with E-state index in [0.717, 1.165) is 0 Å². The number of benzene rings is 2. The number of ether oxygens (including phenoxy) is 1. The highest BCUT2D eigenvalue weighted by molar-refractivity contribution is 6.35. The van der Waals surface area contributed by atoms with Crippen LogP contribution in [0.4, 0.5) is 5.69 Å². The summed E-state index contributed by atoms with van der Waals surface area (Å²) < 4.78 is 5.42. The third kappa shape index (κ3) is 3.51. The number of hydrogen-bond acceptors (Lipinski definition) is 4. The average Bonchev–Trinajstić information content (AvgIpc) is 2.45. The second-order valence-electron chi connectivity index (χ2n) is 4.09. The molecule has 0 radical (unpaired) electrons. The first kappa shape index (κ1) is 15.3. The number of aldehydes is 1. The summed E-state index contributed by atoms with van der Waals surface area (Å²) in [6.07, 6.45) is 0.417. The highest BCUT2D eigenvalue weighted by Gasteiger charge is 2.20. The van der Waals surface area contributed by atoms with Crippen LogP contribution in [0.25, 0.3) is 0 Å². The van der Waals surface area contributed by atoms with Gasteiger partial charge in [0, 0.05) is 15.6 Å². The Balaban J connectivity index is 2.28. The van der Waals surface area contributed by atoms with Gasteiger partial charge in [-0.25, -0.2) is 0 Å². The smallest absolute Gasteiger partial charge is 0.321 e. The summed E-state index contributed by atoms with van der Waals surface area (Å²) in [6, 6.07) is 9.15. The molecule has 0 aliphatic carbocycles. The van der Waals surface area contributed by atoms with Gasteiger partial charge in [-0.15, -0.1) is 0 Å². The van der Waals surface area contributed by atoms with Crippen LogP contribution in [0, 0.1) is 10.1 Å². The summed E-state index contributed by atoms with van der Waals surface area (Å²) in [5.41, 5.74) is 0.226. The zero-order valence-electron chi connectivity index (χ0n) is 10.6. The largest absolute Gasteiger partial charge is 0.482 e. The lowest BCUT2D eigenvalue weighted by molar-refractivity contribution is -0.386. The van der Waals surface area contributed by atoms with Crippen molar-refractivity contribution in [3.8, 4) is 5.75 Å². The van der Waals surface area contributed by atoms with E-state index in [-0.39, 0.29) is 23.6 Å². The van der Waals surface area contributed by atoms with Crippen molar-refractivity contribution in [3.63, 3.8) is 0 Å². The Kier molecular flexibility index (Phi) is 4.77. The van der Waals surface area contributed by atoms with Crippen LogP contribution in [0.15, 0.2) is 36.4 Å². The van der Waals surface area contributed by atoms with E-state index >= 15 is 0 Å². The monoisotopic (exact) mass is 325 g/mol. The maximum atomic E-state index is 11.0. The molecular weight excluding hydrogens is 317 g/mol. The maximum Gasteiger partial charge on any atom is 0.321 e. The Bertz CT molecular complexity index is 703. The van der Waals surface area contributed by atoms with Gasteiger partial charge < -0.3 is 4.74 Å². The summed E-state index contributed by atoms with van der Waals surface area (Å²) in [5, 5.41) is 11.9. The maximum absolute atomic E-state index is 11.0. The quantitative estimate of drug-likeness (QED) is 0.467. The van der Waals surface area contributed by atoms with Gasteiger partial charge in [-0.1, -0.05) is 35.3 Å². The third-order valence-electron chi connectivity index (χ3n) is 2.74. The summed E-state index contributed by atoms with van der Waals surface area (Å²) in [6.45, 7) is 0.0269. The Labute approximate surface area is 130 Å². The fourth-order valence-electron chi connectivity index (χ4n) is 1.74. The van der Waals surface area contributed by atoms with Crippen LogP contribution in [-0.4, -0.2) is 11.2 Å². The van der Waals surface area contributed by atoms with Gasteiger partial charge in [0.2, 0.25) is 0 Å². The molecule has 2 rings (SSSR count). The lowest BCUT2D eigenvalue weighted by Crippen LogP contribution is -2.02. The van der Waals surface area contributed by atoms with Gasteiger partial charge in [0.25, 0.3) is 0 Å². The van der Waals surface area contributed by atoms with Crippen molar-refractivity contribution in [1.82, 2.24) is 0 Å². The first-order chi connectivity index (χ1) is 10.0. The fourth-order valence-corrected chi connectivity index (χ4v) is 2.20. The van der Waals surface area contributed by atoms with Gasteiger partial charge in [0.15, 0.2) is 12.0 Å². The van der Waals surface area contributed by atoms with E-state index in [0.29, 0.717) is 21.9 Å². The number of carbonyl (C=O) groups excluding carboxylic acids is 1. The molecule has 0 atom stereocenters. The molecule has 0 aromatic heterocycles. The minimum absolute atomic E-state index is 0.00983. The SMILES string of the molecule is O=Cc1cccc(OCc2ccc(Cl)cc2Cl)c1[N+](=O)[O-]. The Morgan fingerprint density at radius 3 is 2.62 bits per heavy atom. The highest BCUT2D eigenvalue weighted by atomic mass is 35.5. The van der Waals surface area contributed by atoms with Crippen molar-refractivity contribution in [3.05, 3.63) is 67.7 Å². The van der Waals surface area contributed by atoms with Gasteiger partial charge in [-0.2, -0.15) is 0 Å². The highest BCUT2D eigenvalue weighted by Crippen LogP contribution is 2.31. The minimum Gasteiger partial charge on any atom is -0.482 e. The van der Waals surface area contributed by atoms with E-state index in [1.807, 2.05) is 0 Å². The minimum atomic E-state index is -0.650. The van der Waals surface area contributed by atoms with Crippen LogP contribution in [0.1, 0.15) is 15.9 Å². The number of nitro benzene ring substituents is 1. The van der Waals surface area contributed by atoms with Crippen molar-refractivity contribution < 1.29 is 14.5 Å². The van der Waals surface area contributed by atoms with Crippen LogP contribution in [0.3, 0.4) is 0 Å². The second-order valence-corrected chi connectivity index (χ2v) is 4.94. The van der Waals surface area contributed by atoms with Crippen molar-refractivity contribution in [2.45, 2.75) is 6.61 Å². The number of nitrogens with zero attached hydrogens (tertiary/aromatic N) is 1. The van der Waals surface area contributed by atoms with E-state index in [2.05, 4.69) is 0 Å². The topological polar surface area (TPSA) is 69.4 Å². The van der Waals surface area contributed by atoms with E-state index in [4.69, 9.17) is 27.9 Å². The van der Waals surface area contributed by atoms with Crippen LogP contribution < -0.4 is 4.74 Å². The molecule has 0 heterocycles. The standard InChI is InChI=1S/C14H9Cl2NO4/c15-11-5-4-10(12(16)6-11)8-21-13-3-1-2-9(7-18)14(13)17(19)20/h1-7H,8H2. The number of carbonyl (C=O) groups is 1. The lowest BCUT2D eigenvalue weighted by Gasteiger charge is -2.09. The third-order valence-corrected chi connectivity index (χ3v) is 3.32. The summed E-state index contributed by atoms with van der Waals surface area (Å²) in [5.74, 6) is 0.00983. The van der Waals surface area contributed by atoms with Crippen molar-refractivity contribution in [2.24, 2.45) is 0 Å². The predicted molar refractivity (Wildman–Crippen MR) is 79.3 cm³/mol. The Morgan fingerprint density at radius 2 is 2.00 bits per heavy atom. The zero-order chi connectivity index (χ0) is 15.4. The first-order valence-corrected chi connectivity index (χ1v) is 6.58.